The molecule has 1 rings (SSSR count). The van der Waals surface area contributed by atoms with Gasteiger partial charge in [0.25, 0.3) is 0 Å². The third-order valence-electron chi connectivity index (χ3n) is 3.04. The van der Waals surface area contributed by atoms with Crippen LogP contribution in [0.25, 0.3) is 0 Å². The average Bonchev–Trinajstić information content (AvgIpc) is 2.17. The fourth-order valence-corrected chi connectivity index (χ4v) is 1.43. The normalized spacial score (nSPS) is 14.9. The van der Waals surface area contributed by atoms with Crippen LogP contribution in [0, 0.1) is 24.2 Å². The van der Waals surface area contributed by atoms with Gasteiger partial charge in [-0.25, -0.2) is 0 Å². The van der Waals surface area contributed by atoms with Crippen molar-refractivity contribution >= 4 is 0 Å². The summed E-state index contributed by atoms with van der Waals surface area (Å²) in [6.07, 6.45) is 0. The second-order valence-electron chi connectivity index (χ2n) is 4.33. The van der Waals surface area contributed by atoms with Gasteiger partial charge in [0.05, 0.1) is 11.5 Å². The molecule has 0 radical (unpaired) electrons. The smallest absolute Gasteiger partial charge is 0.0817 e. The van der Waals surface area contributed by atoms with Crippen molar-refractivity contribution in [2.45, 2.75) is 33.1 Å². The molecule has 1 nitrogen and oxygen atoms in total. The van der Waals surface area contributed by atoms with E-state index in [1.165, 1.54) is 5.56 Å². The van der Waals surface area contributed by atoms with E-state index in [0.717, 1.165) is 5.56 Å². The van der Waals surface area contributed by atoms with E-state index in [1.54, 1.807) is 0 Å². The predicted octanol–water partition coefficient (Wildman–Crippen LogP) is 3.43. The molecular formula is C13H17N. The first-order valence-electron chi connectivity index (χ1n) is 4.99. The van der Waals surface area contributed by atoms with Crippen LogP contribution in [0.15, 0.2) is 24.3 Å². The summed E-state index contributed by atoms with van der Waals surface area (Å²) < 4.78 is 0. The van der Waals surface area contributed by atoms with Crippen molar-refractivity contribution in [1.29, 1.82) is 5.26 Å². The summed E-state index contributed by atoms with van der Waals surface area (Å²) in [5.41, 5.74) is 1.98. The maximum Gasteiger partial charge on any atom is 0.0817 e. The second-order valence-corrected chi connectivity index (χ2v) is 4.33. The topological polar surface area (TPSA) is 23.8 Å². The molecule has 74 valence electrons. The monoisotopic (exact) mass is 187 g/mol. The average molecular weight is 187 g/mol. The Bertz CT molecular complexity index is 342. The molecule has 0 aliphatic rings. The molecular weight excluding hydrogens is 170 g/mol. The Balaban J connectivity index is 3.15. The molecule has 0 spiro atoms. The minimum absolute atomic E-state index is 0.329. The van der Waals surface area contributed by atoms with Gasteiger partial charge in [0, 0.05) is 0 Å². The number of hydrogen-bond donors (Lipinski definition) is 0. The highest BCUT2D eigenvalue weighted by Gasteiger charge is 2.29. The van der Waals surface area contributed by atoms with Crippen LogP contribution < -0.4 is 0 Å². The fraction of sp³-hybridized carbons (Fsp3) is 0.462. The van der Waals surface area contributed by atoms with Crippen molar-refractivity contribution in [3.63, 3.8) is 0 Å². The number of nitrogens with zero attached hydrogens (tertiary/aromatic N) is 1. The minimum atomic E-state index is -0.367. The van der Waals surface area contributed by atoms with Crippen LogP contribution in [0.5, 0.6) is 0 Å². The van der Waals surface area contributed by atoms with E-state index in [0.29, 0.717) is 5.92 Å². The summed E-state index contributed by atoms with van der Waals surface area (Å²) in [5, 5.41) is 9.23. The summed E-state index contributed by atoms with van der Waals surface area (Å²) in [6.45, 7) is 8.23. The Morgan fingerprint density at radius 1 is 1.21 bits per heavy atom. The summed E-state index contributed by atoms with van der Waals surface area (Å²) in [5.74, 6) is 0.329. The molecule has 0 aliphatic heterocycles. The van der Waals surface area contributed by atoms with Gasteiger partial charge in [-0.05, 0) is 25.3 Å². The Kier molecular flexibility index (Phi) is 2.96. The molecule has 0 saturated carbocycles. The number of nitriles is 1. The molecule has 14 heavy (non-hydrogen) atoms. The Morgan fingerprint density at radius 3 is 2.07 bits per heavy atom. The van der Waals surface area contributed by atoms with Gasteiger partial charge in [0.2, 0.25) is 0 Å². The summed E-state index contributed by atoms with van der Waals surface area (Å²) >= 11 is 0. The van der Waals surface area contributed by atoms with Gasteiger partial charge >= 0.3 is 0 Å². The summed E-state index contributed by atoms with van der Waals surface area (Å²) in [4.78, 5) is 0. The molecule has 0 amide bonds. The Labute approximate surface area is 86.4 Å². The van der Waals surface area contributed by atoms with Crippen LogP contribution in [-0.2, 0) is 5.41 Å². The first-order valence-corrected chi connectivity index (χ1v) is 4.99. The van der Waals surface area contributed by atoms with E-state index >= 15 is 0 Å². The van der Waals surface area contributed by atoms with Crippen molar-refractivity contribution in [3.05, 3.63) is 35.4 Å². The van der Waals surface area contributed by atoms with Gasteiger partial charge in [0.1, 0.15) is 0 Å². The van der Waals surface area contributed by atoms with E-state index in [2.05, 4.69) is 51.1 Å². The van der Waals surface area contributed by atoms with E-state index in [9.17, 15) is 5.26 Å². The quantitative estimate of drug-likeness (QED) is 0.695. The van der Waals surface area contributed by atoms with E-state index in [4.69, 9.17) is 0 Å². The molecule has 1 aromatic carbocycles. The van der Waals surface area contributed by atoms with E-state index in [-0.39, 0.29) is 5.41 Å². The van der Waals surface area contributed by atoms with Crippen molar-refractivity contribution in [2.75, 3.05) is 0 Å². The molecule has 1 aromatic rings. The van der Waals surface area contributed by atoms with Gasteiger partial charge in [-0.3, -0.25) is 0 Å². The molecule has 0 aromatic heterocycles. The van der Waals surface area contributed by atoms with Gasteiger partial charge in [-0.15, -0.1) is 0 Å². The molecule has 1 heteroatoms. The predicted molar refractivity (Wildman–Crippen MR) is 59.0 cm³/mol. The lowest BCUT2D eigenvalue weighted by molar-refractivity contribution is 0.431. The summed E-state index contributed by atoms with van der Waals surface area (Å²) in [6, 6.07) is 10.6. The SMILES string of the molecule is Cc1ccc([C@@](C)(C#N)C(C)C)cc1. The lowest BCUT2D eigenvalue weighted by Crippen LogP contribution is -2.26. The van der Waals surface area contributed by atoms with Crippen LogP contribution in [0.2, 0.25) is 0 Å². The van der Waals surface area contributed by atoms with Crippen LogP contribution in [0.1, 0.15) is 31.9 Å². The first kappa shape index (κ1) is 10.8. The zero-order valence-electron chi connectivity index (χ0n) is 9.33. The number of aryl methyl sites for hydroxylation is 1. The number of hydrogen-bond acceptors (Lipinski definition) is 1. The lowest BCUT2D eigenvalue weighted by atomic mass is 9.74. The Morgan fingerprint density at radius 2 is 1.71 bits per heavy atom. The van der Waals surface area contributed by atoms with Gasteiger partial charge in [0.15, 0.2) is 0 Å². The van der Waals surface area contributed by atoms with E-state index < -0.39 is 0 Å². The van der Waals surface area contributed by atoms with E-state index in [1.807, 2.05) is 6.92 Å². The van der Waals surface area contributed by atoms with Crippen LogP contribution >= 0.6 is 0 Å². The maximum absolute atomic E-state index is 9.23. The molecule has 0 fully saturated rings. The highest BCUT2D eigenvalue weighted by molar-refractivity contribution is 5.33. The van der Waals surface area contributed by atoms with Crippen molar-refractivity contribution in [1.82, 2.24) is 0 Å². The number of rotatable bonds is 2. The van der Waals surface area contributed by atoms with Gasteiger partial charge in [-0.1, -0.05) is 43.7 Å². The van der Waals surface area contributed by atoms with Crippen molar-refractivity contribution in [2.24, 2.45) is 5.92 Å². The van der Waals surface area contributed by atoms with Crippen LogP contribution in [0.4, 0.5) is 0 Å². The third-order valence-corrected chi connectivity index (χ3v) is 3.04. The maximum atomic E-state index is 9.23. The molecule has 0 saturated heterocycles. The third kappa shape index (κ3) is 1.80. The molecule has 0 N–H and O–H groups in total. The van der Waals surface area contributed by atoms with Crippen LogP contribution in [0.3, 0.4) is 0 Å². The minimum Gasteiger partial charge on any atom is -0.197 e. The first-order chi connectivity index (χ1) is 6.50. The fourth-order valence-electron chi connectivity index (χ4n) is 1.43. The highest BCUT2D eigenvalue weighted by Crippen LogP contribution is 2.31. The zero-order valence-corrected chi connectivity index (χ0v) is 9.33. The molecule has 0 unspecified atom stereocenters. The van der Waals surface area contributed by atoms with Crippen molar-refractivity contribution in [3.8, 4) is 6.07 Å². The van der Waals surface area contributed by atoms with Crippen molar-refractivity contribution < 1.29 is 0 Å². The van der Waals surface area contributed by atoms with Crippen LogP contribution in [-0.4, -0.2) is 0 Å². The molecule has 0 aliphatic carbocycles. The summed E-state index contributed by atoms with van der Waals surface area (Å²) in [7, 11) is 0. The highest BCUT2D eigenvalue weighted by atomic mass is 14.4. The molecule has 1 atom stereocenters. The van der Waals surface area contributed by atoms with Gasteiger partial charge < -0.3 is 0 Å². The lowest BCUT2D eigenvalue weighted by Gasteiger charge is -2.26. The largest absolute Gasteiger partial charge is 0.197 e. The second kappa shape index (κ2) is 3.84. The zero-order chi connectivity index (χ0) is 10.8. The van der Waals surface area contributed by atoms with Gasteiger partial charge in [-0.2, -0.15) is 5.26 Å². The molecule has 0 heterocycles. The molecule has 0 bridgehead atoms. The Hall–Kier alpha value is -1.29. The standard InChI is InChI=1S/C13H17N/c1-10(2)13(4,9-14)12-7-5-11(3)6-8-12/h5-8,10H,1-4H3/t13-/m0/s1. The number of benzene rings is 1.